The van der Waals surface area contributed by atoms with E-state index >= 15 is 0 Å². The van der Waals surface area contributed by atoms with Gasteiger partial charge >= 0.3 is 12.1 Å². The summed E-state index contributed by atoms with van der Waals surface area (Å²) < 4.78 is 5.36. The van der Waals surface area contributed by atoms with Crippen LogP contribution in [0.1, 0.15) is 27.2 Å². The molecule has 0 aromatic heterocycles. The summed E-state index contributed by atoms with van der Waals surface area (Å²) in [6.07, 6.45) is 4.85. The second-order valence-electron chi connectivity index (χ2n) is 7.11. The summed E-state index contributed by atoms with van der Waals surface area (Å²) in [6, 6.07) is -0.741. The van der Waals surface area contributed by atoms with Gasteiger partial charge in [-0.05, 0) is 44.9 Å². The summed E-state index contributed by atoms with van der Waals surface area (Å²) in [5.74, 6) is 0.149. The highest BCUT2D eigenvalue weighted by molar-refractivity contribution is 5.81. The Morgan fingerprint density at radius 3 is 2.50 bits per heavy atom. The molecular weight excluding hydrogens is 258 g/mol. The Kier molecular flexibility index (Phi) is 2.85. The maximum Gasteiger partial charge on any atom is 0.411 e. The molecule has 2 fully saturated rings. The van der Waals surface area contributed by atoms with Gasteiger partial charge in [0.2, 0.25) is 0 Å². The highest BCUT2D eigenvalue weighted by Crippen LogP contribution is 2.54. The van der Waals surface area contributed by atoms with Crippen molar-refractivity contribution in [2.45, 2.75) is 38.8 Å². The summed E-state index contributed by atoms with van der Waals surface area (Å²) in [6.45, 7) is 5.89. The van der Waals surface area contributed by atoms with Crippen molar-refractivity contribution in [2.24, 2.45) is 23.7 Å². The summed E-state index contributed by atoms with van der Waals surface area (Å²) in [5, 5.41) is 9.53. The van der Waals surface area contributed by atoms with Crippen molar-refractivity contribution in [3.8, 4) is 0 Å². The number of hydrogen-bond donors (Lipinski definition) is 1. The zero-order valence-electron chi connectivity index (χ0n) is 12.1. The lowest BCUT2D eigenvalue weighted by molar-refractivity contribution is -0.143. The van der Waals surface area contributed by atoms with E-state index in [0.29, 0.717) is 18.4 Å². The van der Waals surface area contributed by atoms with Crippen LogP contribution in [-0.2, 0) is 9.53 Å². The normalized spacial score (nSPS) is 38.1. The molecule has 1 heterocycles. The minimum absolute atomic E-state index is 0.0509. The first kappa shape index (κ1) is 13.5. The van der Waals surface area contributed by atoms with Crippen LogP contribution < -0.4 is 0 Å². The zero-order valence-corrected chi connectivity index (χ0v) is 12.1. The standard InChI is InChI=1S/C15H21NO4/c1-15(2,3)20-14(19)16-7-10-8-4-5-9(6-8)11(10)12(16)13(17)18/h4-5,8-12H,6-7H2,1-3H3,(H,17,18). The molecule has 5 unspecified atom stereocenters. The van der Waals surface area contributed by atoms with E-state index in [1.807, 2.05) is 0 Å². The molecule has 20 heavy (non-hydrogen) atoms. The van der Waals surface area contributed by atoms with Gasteiger partial charge < -0.3 is 9.84 Å². The average Bonchev–Trinajstić information content (AvgIpc) is 2.97. The van der Waals surface area contributed by atoms with E-state index in [1.165, 1.54) is 4.90 Å². The van der Waals surface area contributed by atoms with Gasteiger partial charge in [-0.1, -0.05) is 12.2 Å². The Bertz CT molecular complexity index is 479. The number of fused-ring (bicyclic) bond motifs is 5. The van der Waals surface area contributed by atoms with Gasteiger partial charge in [0.15, 0.2) is 0 Å². The number of amides is 1. The monoisotopic (exact) mass is 279 g/mol. The van der Waals surface area contributed by atoms with Gasteiger partial charge in [-0.3, -0.25) is 4.90 Å². The van der Waals surface area contributed by atoms with E-state index in [0.717, 1.165) is 6.42 Å². The number of carbonyl (C=O) groups is 2. The van der Waals surface area contributed by atoms with Gasteiger partial charge in [-0.2, -0.15) is 0 Å². The molecule has 0 aromatic rings. The van der Waals surface area contributed by atoms with Gasteiger partial charge in [0.05, 0.1) is 0 Å². The van der Waals surface area contributed by atoms with Crippen LogP contribution >= 0.6 is 0 Å². The largest absolute Gasteiger partial charge is 0.480 e. The fourth-order valence-corrected chi connectivity index (χ4v) is 4.04. The number of carbonyl (C=O) groups excluding carboxylic acids is 1. The van der Waals surface area contributed by atoms with Crippen molar-refractivity contribution >= 4 is 12.1 Å². The Morgan fingerprint density at radius 1 is 1.25 bits per heavy atom. The van der Waals surface area contributed by atoms with Crippen molar-refractivity contribution in [1.29, 1.82) is 0 Å². The molecule has 0 spiro atoms. The maximum atomic E-state index is 12.3. The lowest BCUT2D eigenvalue weighted by Crippen LogP contribution is -2.46. The molecule has 0 aromatic carbocycles. The van der Waals surface area contributed by atoms with Gasteiger partial charge in [-0.25, -0.2) is 9.59 Å². The maximum absolute atomic E-state index is 12.3. The Balaban J connectivity index is 1.83. The van der Waals surface area contributed by atoms with Crippen molar-refractivity contribution in [1.82, 2.24) is 4.90 Å². The SMILES string of the molecule is CC(C)(C)OC(=O)N1CC2C3C=CC(C3)C2C1C(=O)O. The third kappa shape index (κ3) is 2.00. The average molecular weight is 279 g/mol. The second kappa shape index (κ2) is 4.24. The summed E-state index contributed by atoms with van der Waals surface area (Å²) in [7, 11) is 0. The smallest absolute Gasteiger partial charge is 0.411 e. The zero-order chi connectivity index (χ0) is 14.7. The predicted molar refractivity (Wildman–Crippen MR) is 72.1 cm³/mol. The molecule has 2 aliphatic carbocycles. The number of allylic oxidation sites excluding steroid dienone is 2. The molecule has 1 saturated carbocycles. The minimum atomic E-state index is -0.913. The lowest BCUT2D eigenvalue weighted by Gasteiger charge is -2.29. The number of carboxylic acids is 1. The predicted octanol–water partition coefficient (Wildman–Crippen LogP) is 2.13. The number of likely N-dealkylation sites (tertiary alicyclic amines) is 1. The van der Waals surface area contributed by atoms with Gasteiger partial charge in [-0.15, -0.1) is 0 Å². The van der Waals surface area contributed by atoms with E-state index < -0.39 is 23.7 Å². The number of hydrogen-bond acceptors (Lipinski definition) is 3. The molecule has 2 bridgehead atoms. The molecule has 5 atom stereocenters. The number of carboxylic acid groups (broad SMARTS) is 1. The van der Waals surface area contributed by atoms with E-state index in [-0.39, 0.29) is 11.8 Å². The van der Waals surface area contributed by atoms with Crippen molar-refractivity contribution in [2.75, 3.05) is 6.54 Å². The second-order valence-corrected chi connectivity index (χ2v) is 7.11. The first-order chi connectivity index (χ1) is 9.28. The van der Waals surface area contributed by atoms with Crippen molar-refractivity contribution in [3.05, 3.63) is 12.2 Å². The third-order valence-electron chi connectivity index (χ3n) is 4.68. The van der Waals surface area contributed by atoms with Gasteiger partial charge in [0.1, 0.15) is 11.6 Å². The van der Waals surface area contributed by atoms with Crippen LogP contribution in [0, 0.1) is 23.7 Å². The van der Waals surface area contributed by atoms with Gasteiger partial charge in [0.25, 0.3) is 0 Å². The number of nitrogens with zero attached hydrogens (tertiary/aromatic N) is 1. The fraction of sp³-hybridized carbons (Fsp3) is 0.733. The van der Waals surface area contributed by atoms with Crippen molar-refractivity contribution in [3.63, 3.8) is 0 Å². The van der Waals surface area contributed by atoms with Gasteiger partial charge in [0, 0.05) is 12.5 Å². The molecule has 1 aliphatic heterocycles. The molecule has 1 saturated heterocycles. The number of rotatable bonds is 1. The van der Waals surface area contributed by atoms with E-state index in [4.69, 9.17) is 4.74 Å². The Labute approximate surface area is 118 Å². The molecule has 0 radical (unpaired) electrons. The highest BCUT2D eigenvalue weighted by Gasteiger charge is 2.58. The van der Waals surface area contributed by atoms with Crippen LogP contribution in [0.2, 0.25) is 0 Å². The highest BCUT2D eigenvalue weighted by atomic mass is 16.6. The van der Waals surface area contributed by atoms with Crippen LogP contribution in [0.3, 0.4) is 0 Å². The lowest BCUT2D eigenvalue weighted by atomic mass is 9.82. The van der Waals surface area contributed by atoms with Crippen molar-refractivity contribution < 1.29 is 19.4 Å². The first-order valence-corrected chi connectivity index (χ1v) is 7.18. The molecule has 110 valence electrons. The molecule has 5 nitrogen and oxygen atoms in total. The van der Waals surface area contributed by atoms with E-state index in [2.05, 4.69) is 12.2 Å². The Morgan fingerprint density at radius 2 is 1.90 bits per heavy atom. The van der Waals surface area contributed by atoms with E-state index in [9.17, 15) is 14.7 Å². The van der Waals surface area contributed by atoms with Crippen LogP contribution in [0.5, 0.6) is 0 Å². The molecule has 1 N–H and O–H groups in total. The number of aliphatic carboxylic acids is 1. The summed E-state index contributed by atoms with van der Waals surface area (Å²) in [4.78, 5) is 25.3. The van der Waals surface area contributed by atoms with Crippen LogP contribution in [0.15, 0.2) is 12.2 Å². The quantitative estimate of drug-likeness (QED) is 0.747. The molecule has 5 heteroatoms. The topological polar surface area (TPSA) is 66.8 Å². The molecule has 1 amide bonds. The molecule has 3 rings (SSSR count). The summed E-state index contributed by atoms with van der Waals surface area (Å²) in [5.41, 5.74) is -0.602. The van der Waals surface area contributed by atoms with E-state index in [1.54, 1.807) is 20.8 Å². The minimum Gasteiger partial charge on any atom is -0.480 e. The fourth-order valence-electron chi connectivity index (χ4n) is 4.04. The van der Waals surface area contributed by atoms with Crippen LogP contribution in [-0.4, -0.2) is 40.3 Å². The summed E-state index contributed by atoms with van der Waals surface area (Å²) >= 11 is 0. The first-order valence-electron chi connectivity index (χ1n) is 7.18. The van der Waals surface area contributed by atoms with Crippen LogP contribution in [0.4, 0.5) is 4.79 Å². The third-order valence-corrected chi connectivity index (χ3v) is 4.68. The molecular formula is C15H21NO4. The number of ether oxygens (including phenoxy) is 1. The molecule has 3 aliphatic rings. The van der Waals surface area contributed by atoms with Crippen LogP contribution in [0.25, 0.3) is 0 Å². The Hall–Kier alpha value is -1.52.